The van der Waals surface area contributed by atoms with E-state index in [9.17, 15) is 0 Å². The smallest absolute Gasteiger partial charge is 0.144 e. The fourth-order valence-electron chi connectivity index (χ4n) is 5.68. The van der Waals surface area contributed by atoms with Gasteiger partial charge in [0, 0.05) is 19.0 Å². The molecular formula is C34H52N2O. The molecule has 0 spiro atoms. The van der Waals surface area contributed by atoms with Crippen LogP contribution < -0.4 is 9.64 Å². The van der Waals surface area contributed by atoms with Crippen molar-refractivity contribution in [3.8, 4) is 5.75 Å². The van der Waals surface area contributed by atoms with Gasteiger partial charge in [0.15, 0.2) is 0 Å². The van der Waals surface area contributed by atoms with Crippen LogP contribution in [0.4, 0.5) is 5.82 Å². The molecule has 1 aliphatic rings. The van der Waals surface area contributed by atoms with E-state index in [-0.39, 0.29) is 5.54 Å². The van der Waals surface area contributed by atoms with Gasteiger partial charge >= 0.3 is 0 Å². The van der Waals surface area contributed by atoms with E-state index in [2.05, 4.69) is 96.8 Å². The average molecular weight is 505 g/mol. The van der Waals surface area contributed by atoms with Crippen molar-refractivity contribution < 1.29 is 4.74 Å². The molecule has 3 atom stereocenters. The predicted molar refractivity (Wildman–Crippen MR) is 160 cm³/mol. The van der Waals surface area contributed by atoms with Gasteiger partial charge in [-0.1, -0.05) is 109 Å². The van der Waals surface area contributed by atoms with Gasteiger partial charge < -0.3 is 9.64 Å². The number of aromatic nitrogens is 1. The number of likely N-dealkylation sites (N-methyl/N-ethyl adjacent to an activating group) is 1. The van der Waals surface area contributed by atoms with E-state index in [4.69, 9.17) is 9.72 Å². The Balaban J connectivity index is 1.53. The number of hydrogen-bond donors (Lipinski definition) is 0. The van der Waals surface area contributed by atoms with Gasteiger partial charge in [-0.3, -0.25) is 0 Å². The molecule has 3 rings (SSSR count). The van der Waals surface area contributed by atoms with E-state index < -0.39 is 0 Å². The van der Waals surface area contributed by atoms with E-state index in [1.807, 2.05) is 6.07 Å². The normalized spacial score (nSPS) is 19.0. The maximum atomic E-state index is 6.28. The lowest BCUT2D eigenvalue weighted by molar-refractivity contribution is 0.300. The summed E-state index contributed by atoms with van der Waals surface area (Å²) < 4.78 is 6.28. The Kier molecular flexibility index (Phi) is 10.7. The molecule has 2 heterocycles. The van der Waals surface area contributed by atoms with Gasteiger partial charge in [0.1, 0.15) is 18.2 Å². The zero-order valence-electron chi connectivity index (χ0n) is 24.9. The number of nitrogens with zero attached hydrogens (tertiary/aromatic N) is 2. The zero-order valence-corrected chi connectivity index (χ0v) is 24.9. The number of fused-ring (bicyclic) bond motifs is 1. The summed E-state index contributed by atoms with van der Waals surface area (Å²) in [6.07, 6.45) is 15.2. The first-order valence-electron chi connectivity index (χ1n) is 14.7. The Morgan fingerprint density at radius 3 is 2.30 bits per heavy atom. The van der Waals surface area contributed by atoms with Crippen molar-refractivity contribution in [3.63, 3.8) is 0 Å². The molecule has 3 heteroatoms. The Morgan fingerprint density at radius 2 is 1.62 bits per heavy atom. The third-order valence-corrected chi connectivity index (χ3v) is 8.40. The van der Waals surface area contributed by atoms with Crippen molar-refractivity contribution in [1.82, 2.24) is 4.98 Å². The molecule has 0 fully saturated rings. The Hall–Kier alpha value is -2.29. The summed E-state index contributed by atoms with van der Waals surface area (Å²) >= 11 is 0. The molecule has 1 unspecified atom stereocenters. The number of allylic oxidation sites excluding steroid dienone is 1. The minimum atomic E-state index is -0.0464. The highest BCUT2D eigenvalue weighted by molar-refractivity contribution is 5.64. The molecule has 1 aromatic carbocycles. The van der Waals surface area contributed by atoms with Crippen LogP contribution in [0, 0.1) is 31.6 Å². The van der Waals surface area contributed by atoms with Gasteiger partial charge in [-0.05, 0) is 56.1 Å². The maximum absolute atomic E-state index is 6.28. The Labute approximate surface area is 227 Å². The van der Waals surface area contributed by atoms with Gasteiger partial charge in [0.2, 0.25) is 0 Å². The molecule has 1 aromatic heterocycles. The largest absolute Gasteiger partial charge is 0.487 e. The second kappa shape index (κ2) is 13.5. The third-order valence-electron chi connectivity index (χ3n) is 8.40. The minimum Gasteiger partial charge on any atom is -0.487 e. The van der Waals surface area contributed by atoms with Gasteiger partial charge in [-0.2, -0.15) is 0 Å². The van der Waals surface area contributed by atoms with Crippen molar-refractivity contribution in [2.75, 3.05) is 11.9 Å². The lowest BCUT2D eigenvalue weighted by atomic mass is 9.91. The van der Waals surface area contributed by atoms with E-state index in [0.717, 1.165) is 47.9 Å². The van der Waals surface area contributed by atoms with Crippen LogP contribution in [0.25, 0.3) is 0 Å². The van der Waals surface area contributed by atoms with Gasteiger partial charge in [0.25, 0.3) is 0 Å². The highest BCUT2D eigenvalue weighted by Gasteiger charge is 2.38. The highest BCUT2D eigenvalue weighted by atomic mass is 16.5. The monoisotopic (exact) mass is 504 g/mol. The summed E-state index contributed by atoms with van der Waals surface area (Å²) in [6.45, 7) is 16.7. The fourth-order valence-corrected chi connectivity index (χ4v) is 5.68. The van der Waals surface area contributed by atoms with E-state index in [1.54, 1.807) is 0 Å². The van der Waals surface area contributed by atoms with Crippen molar-refractivity contribution >= 4 is 5.82 Å². The fraction of sp³-hybridized carbons (Fsp3) is 0.618. The molecule has 0 saturated carbocycles. The van der Waals surface area contributed by atoms with E-state index >= 15 is 0 Å². The Bertz CT molecular complexity index is 1010. The summed E-state index contributed by atoms with van der Waals surface area (Å²) in [7, 11) is 2.19. The van der Waals surface area contributed by atoms with E-state index in [0.29, 0.717) is 6.61 Å². The Morgan fingerprint density at radius 1 is 0.973 bits per heavy atom. The van der Waals surface area contributed by atoms with E-state index in [1.165, 1.54) is 55.2 Å². The summed E-state index contributed by atoms with van der Waals surface area (Å²) in [4.78, 5) is 7.37. The van der Waals surface area contributed by atoms with Crippen molar-refractivity contribution in [2.24, 2.45) is 17.8 Å². The summed E-state index contributed by atoms with van der Waals surface area (Å²) in [6, 6.07) is 10.4. The lowest BCUT2D eigenvalue weighted by Gasteiger charge is -2.30. The number of rotatable bonds is 14. The number of hydrogen-bond acceptors (Lipinski definition) is 3. The average Bonchev–Trinajstić information content (AvgIpc) is 3.10. The van der Waals surface area contributed by atoms with Crippen LogP contribution in [-0.2, 0) is 13.0 Å². The number of ether oxygens (including phenoxy) is 1. The lowest BCUT2D eigenvalue weighted by Crippen LogP contribution is -2.39. The van der Waals surface area contributed by atoms with Crippen LogP contribution >= 0.6 is 0 Å². The van der Waals surface area contributed by atoms with Crippen LogP contribution in [0.3, 0.4) is 0 Å². The SMILES string of the molecule is Cc1nc2c(c(C)c1OCc1ccccc1)CC(C)(/C=C/C[C@H](C)CCC[C@H](C)CCCC(C)C)N2C. The molecule has 37 heavy (non-hydrogen) atoms. The maximum Gasteiger partial charge on any atom is 0.144 e. The highest BCUT2D eigenvalue weighted by Crippen LogP contribution is 2.42. The molecule has 0 radical (unpaired) electrons. The molecular weight excluding hydrogens is 452 g/mol. The third kappa shape index (κ3) is 8.09. The predicted octanol–water partition coefficient (Wildman–Crippen LogP) is 9.24. The molecule has 0 bridgehead atoms. The number of aryl methyl sites for hydroxylation is 1. The molecule has 0 saturated heterocycles. The van der Waals surface area contributed by atoms with Crippen LogP contribution in [0.1, 0.15) is 102 Å². The molecule has 204 valence electrons. The second-order valence-electron chi connectivity index (χ2n) is 12.4. The molecule has 1 aliphatic heterocycles. The summed E-state index contributed by atoms with van der Waals surface area (Å²) in [5, 5.41) is 0. The molecule has 2 aromatic rings. The quantitative estimate of drug-likeness (QED) is 0.240. The van der Waals surface area contributed by atoms with Crippen LogP contribution in [0.5, 0.6) is 5.75 Å². The van der Waals surface area contributed by atoms with Crippen molar-refractivity contribution in [2.45, 2.75) is 112 Å². The first-order chi connectivity index (χ1) is 17.6. The van der Waals surface area contributed by atoms with Gasteiger partial charge in [-0.15, -0.1) is 0 Å². The van der Waals surface area contributed by atoms with Gasteiger partial charge in [0.05, 0.1) is 11.2 Å². The molecule has 0 N–H and O–H groups in total. The van der Waals surface area contributed by atoms with Crippen LogP contribution in [-0.4, -0.2) is 17.6 Å². The number of pyridine rings is 1. The van der Waals surface area contributed by atoms with Crippen molar-refractivity contribution in [1.29, 1.82) is 0 Å². The standard InChI is InChI=1S/C34H52N2O/c1-25(2)15-12-16-26(3)17-13-18-27(4)19-14-22-34(7)23-31-28(5)32(29(6)35-33(31)36(34)8)37-24-30-20-10-9-11-21-30/h9-11,14,20-22,25-27H,12-13,15-19,23-24H2,1-8H3/b22-14+/t26-,27-,34?/m1/s1. The van der Waals surface area contributed by atoms with Crippen LogP contribution in [0.2, 0.25) is 0 Å². The second-order valence-corrected chi connectivity index (χ2v) is 12.4. The van der Waals surface area contributed by atoms with Gasteiger partial charge in [-0.25, -0.2) is 4.98 Å². The van der Waals surface area contributed by atoms with Crippen molar-refractivity contribution in [3.05, 3.63) is 64.9 Å². The topological polar surface area (TPSA) is 25.4 Å². The first-order valence-corrected chi connectivity index (χ1v) is 14.7. The summed E-state index contributed by atoms with van der Waals surface area (Å²) in [5.74, 6) is 4.49. The van der Waals surface area contributed by atoms with Crippen LogP contribution in [0.15, 0.2) is 42.5 Å². The zero-order chi connectivity index (χ0) is 27.0. The number of benzene rings is 1. The molecule has 0 amide bonds. The molecule has 0 aliphatic carbocycles. The molecule has 3 nitrogen and oxygen atoms in total. The minimum absolute atomic E-state index is 0.0464. The first kappa shape index (κ1) is 29.3. The number of anilines is 1. The summed E-state index contributed by atoms with van der Waals surface area (Å²) in [5.41, 5.74) is 4.66.